The lowest BCUT2D eigenvalue weighted by atomic mass is 10.0. The Hall–Kier alpha value is -1.71. The molecule has 0 fully saturated rings. The molecule has 0 aromatic heterocycles. The molecule has 0 aliphatic rings. The van der Waals surface area contributed by atoms with Crippen LogP contribution in [-0.4, -0.2) is 23.5 Å². The zero-order chi connectivity index (χ0) is 15.1. The van der Waals surface area contributed by atoms with Crippen molar-refractivity contribution >= 4 is 17.2 Å². The molecule has 0 bridgehead atoms. The number of nitrogens with two attached hydrogens (primary N) is 1. The molecule has 0 saturated heterocycles. The Balaban J connectivity index is 2.04. The summed E-state index contributed by atoms with van der Waals surface area (Å²) in [6.45, 7) is 0.978. The van der Waals surface area contributed by atoms with Crippen LogP contribution < -0.4 is 5.73 Å². The number of hydrogen-bond acceptors (Lipinski definition) is 2. The average molecular weight is 298 g/mol. The van der Waals surface area contributed by atoms with Crippen LogP contribution in [0.15, 0.2) is 60.7 Å². The Morgan fingerprint density at radius 2 is 1.62 bits per heavy atom. The third-order valence-electron chi connectivity index (χ3n) is 3.71. The Bertz CT molecular complexity index is 554. The molecule has 21 heavy (non-hydrogen) atoms. The second-order valence-corrected chi connectivity index (χ2v) is 5.84. The second-order valence-electron chi connectivity index (χ2n) is 5.31. The monoisotopic (exact) mass is 298 g/mol. The van der Waals surface area contributed by atoms with Crippen molar-refractivity contribution in [2.24, 2.45) is 5.73 Å². The van der Waals surface area contributed by atoms with Crippen molar-refractivity contribution < 1.29 is 0 Å². The van der Waals surface area contributed by atoms with Gasteiger partial charge >= 0.3 is 0 Å². The van der Waals surface area contributed by atoms with Gasteiger partial charge in [0.25, 0.3) is 0 Å². The fourth-order valence-corrected chi connectivity index (χ4v) is 2.66. The van der Waals surface area contributed by atoms with E-state index in [1.165, 1.54) is 11.1 Å². The molecule has 2 aromatic carbocycles. The van der Waals surface area contributed by atoms with Gasteiger partial charge < -0.3 is 5.73 Å². The van der Waals surface area contributed by atoms with E-state index in [9.17, 15) is 0 Å². The van der Waals surface area contributed by atoms with E-state index < -0.39 is 0 Å². The third kappa shape index (κ3) is 4.96. The minimum absolute atomic E-state index is 0.243. The van der Waals surface area contributed by atoms with Crippen LogP contribution in [0.5, 0.6) is 0 Å². The van der Waals surface area contributed by atoms with Crippen molar-refractivity contribution in [3.8, 4) is 0 Å². The first-order valence-corrected chi connectivity index (χ1v) is 7.65. The maximum absolute atomic E-state index is 5.78. The summed E-state index contributed by atoms with van der Waals surface area (Å²) in [6, 6.07) is 21.2. The number of hydrogen-bond donors (Lipinski definition) is 1. The van der Waals surface area contributed by atoms with Gasteiger partial charge in [0, 0.05) is 19.0 Å². The molecule has 3 heteroatoms. The minimum Gasteiger partial charge on any atom is -0.393 e. The first-order valence-electron chi connectivity index (χ1n) is 7.24. The molecule has 0 aliphatic carbocycles. The van der Waals surface area contributed by atoms with Crippen molar-refractivity contribution in [1.82, 2.24) is 4.90 Å². The van der Waals surface area contributed by atoms with Crippen molar-refractivity contribution in [3.63, 3.8) is 0 Å². The summed E-state index contributed by atoms with van der Waals surface area (Å²) in [5, 5.41) is 0. The minimum atomic E-state index is 0.243. The molecule has 0 saturated carbocycles. The first-order chi connectivity index (χ1) is 10.2. The van der Waals surface area contributed by atoms with Gasteiger partial charge in [0.05, 0.1) is 4.99 Å². The Labute approximate surface area is 132 Å². The summed E-state index contributed by atoms with van der Waals surface area (Å²) in [7, 11) is 2.14. The van der Waals surface area contributed by atoms with E-state index in [4.69, 9.17) is 18.0 Å². The Morgan fingerprint density at radius 1 is 1.05 bits per heavy atom. The topological polar surface area (TPSA) is 29.3 Å². The van der Waals surface area contributed by atoms with Gasteiger partial charge in [-0.2, -0.15) is 0 Å². The van der Waals surface area contributed by atoms with Crippen molar-refractivity contribution in [3.05, 3.63) is 71.8 Å². The maximum atomic E-state index is 5.78. The standard InChI is InChI=1S/C18H22N2S/c1-20(13-12-15-8-4-2-5-9-15)17(14-18(19)21)16-10-6-3-7-11-16/h2-11,17H,12-14H2,1H3,(H2,19,21). The van der Waals surface area contributed by atoms with Gasteiger partial charge in [0.2, 0.25) is 0 Å². The van der Waals surface area contributed by atoms with Gasteiger partial charge in [-0.05, 0) is 24.6 Å². The van der Waals surface area contributed by atoms with E-state index >= 15 is 0 Å². The summed E-state index contributed by atoms with van der Waals surface area (Å²) < 4.78 is 0. The normalized spacial score (nSPS) is 12.3. The number of benzene rings is 2. The highest BCUT2D eigenvalue weighted by atomic mass is 32.1. The molecular formula is C18H22N2S. The quantitative estimate of drug-likeness (QED) is 0.792. The van der Waals surface area contributed by atoms with Crippen LogP contribution in [0.25, 0.3) is 0 Å². The summed E-state index contributed by atoms with van der Waals surface area (Å²) in [5.74, 6) is 0. The Kier molecular flexibility index (Phi) is 5.90. The molecule has 110 valence electrons. The zero-order valence-corrected chi connectivity index (χ0v) is 13.2. The van der Waals surface area contributed by atoms with Crippen LogP contribution in [0, 0.1) is 0 Å². The SMILES string of the molecule is CN(CCc1ccccc1)C(CC(N)=S)c1ccccc1. The largest absolute Gasteiger partial charge is 0.393 e. The maximum Gasteiger partial charge on any atom is 0.0746 e. The molecule has 2 N–H and O–H groups in total. The molecule has 0 aliphatic heterocycles. The first kappa shape index (κ1) is 15.7. The van der Waals surface area contributed by atoms with Crippen LogP contribution in [0.3, 0.4) is 0 Å². The number of nitrogens with zero attached hydrogens (tertiary/aromatic N) is 1. The molecule has 1 unspecified atom stereocenters. The summed E-state index contributed by atoms with van der Waals surface area (Å²) >= 11 is 5.12. The highest BCUT2D eigenvalue weighted by Crippen LogP contribution is 2.23. The second kappa shape index (κ2) is 7.91. The van der Waals surface area contributed by atoms with Gasteiger partial charge in [0.15, 0.2) is 0 Å². The van der Waals surface area contributed by atoms with Crippen LogP contribution in [0.2, 0.25) is 0 Å². The molecule has 1 atom stereocenters. The average Bonchev–Trinajstić information content (AvgIpc) is 2.52. The van der Waals surface area contributed by atoms with Gasteiger partial charge in [-0.25, -0.2) is 0 Å². The van der Waals surface area contributed by atoms with Gasteiger partial charge in [-0.1, -0.05) is 72.9 Å². The Morgan fingerprint density at radius 3 is 2.19 bits per heavy atom. The van der Waals surface area contributed by atoms with Gasteiger partial charge in [-0.3, -0.25) is 4.90 Å². The predicted octanol–water partition coefficient (Wildman–Crippen LogP) is 3.58. The number of likely N-dealkylation sites (N-methyl/N-ethyl adjacent to an activating group) is 1. The molecule has 2 aromatic rings. The molecule has 0 radical (unpaired) electrons. The zero-order valence-electron chi connectivity index (χ0n) is 12.4. The lowest BCUT2D eigenvalue weighted by molar-refractivity contribution is 0.253. The van der Waals surface area contributed by atoms with Crippen LogP contribution in [-0.2, 0) is 6.42 Å². The van der Waals surface area contributed by atoms with E-state index in [1.54, 1.807) is 0 Å². The van der Waals surface area contributed by atoms with E-state index in [0.29, 0.717) is 11.4 Å². The molecule has 0 spiro atoms. The van der Waals surface area contributed by atoms with E-state index in [2.05, 4.69) is 60.5 Å². The molecule has 2 nitrogen and oxygen atoms in total. The highest BCUT2D eigenvalue weighted by molar-refractivity contribution is 7.80. The van der Waals surface area contributed by atoms with Crippen LogP contribution in [0.1, 0.15) is 23.6 Å². The molecule has 0 heterocycles. The summed E-state index contributed by atoms with van der Waals surface area (Å²) in [4.78, 5) is 2.90. The summed E-state index contributed by atoms with van der Waals surface area (Å²) in [5.41, 5.74) is 8.40. The van der Waals surface area contributed by atoms with Crippen LogP contribution >= 0.6 is 12.2 Å². The predicted molar refractivity (Wildman–Crippen MR) is 93.4 cm³/mol. The number of rotatable bonds is 7. The fraction of sp³-hybridized carbons (Fsp3) is 0.278. The van der Waals surface area contributed by atoms with Crippen molar-refractivity contribution in [2.45, 2.75) is 18.9 Å². The third-order valence-corrected chi connectivity index (χ3v) is 3.87. The fourth-order valence-electron chi connectivity index (χ4n) is 2.50. The molecule has 0 amide bonds. The number of thiocarbonyl (C=S) groups is 1. The van der Waals surface area contributed by atoms with Gasteiger partial charge in [0.1, 0.15) is 0 Å². The molecular weight excluding hydrogens is 276 g/mol. The van der Waals surface area contributed by atoms with Crippen molar-refractivity contribution in [1.29, 1.82) is 0 Å². The van der Waals surface area contributed by atoms with E-state index in [0.717, 1.165) is 13.0 Å². The van der Waals surface area contributed by atoms with Crippen LogP contribution in [0.4, 0.5) is 0 Å². The van der Waals surface area contributed by atoms with E-state index in [1.807, 2.05) is 12.1 Å². The smallest absolute Gasteiger partial charge is 0.0746 e. The molecule has 2 rings (SSSR count). The van der Waals surface area contributed by atoms with E-state index in [-0.39, 0.29) is 6.04 Å². The lowest BCUT2D eigenvalue weighted by Gasteiger charge is -2.28. The lowest BCUT2D eigenvalue weighted by Crippen LogP contribution is -2.30. The van der Waals surface area contributed by atoms with Gasteiger partial charge in [-0.15, -0.1) is 0 Å². The van der Waals surface area contributed by atoms with Crippen molar-refractivity contribution in [2.75, 3.05) is 13.6 Å². The summed E-state index contributed by atoms with van der Waals surface area (Å²) in [6.07, 6.45) is 1.74. The highest BCUT2D eigenvalue weighted by Gasteiger charge is 2.17.